The van der Waals surface area contributed by atoms with E-state index in [1.54, 1.807) is 25.5 Å². The largest absolute Gasteiger partial charge is 0.466 e. The van der Waals surface area contributed by atoms with Gasteiger partial charge in [0.15, 0.2) is 5.16 Å². The fraction of sp³-hybridized carbons (Fsp3) is 0.300. The average Bonchev–Trinajstić information content (AvgIpc) is 3.01. The van der Waals surface area contributed by atoms with E-state index < -0.39 is 0 Å². The van der Waals surface area contributed by atoms with Gasteiger partial charge in [-0.2, -0.15) is 0 Å². The van der Waals surface area contributed by atoms with Gasteiger partial charge in [0.2, 0.25) is 5.91 Å². The van der Waals surface area contributed by atoms with E-state index in [2.05, 4.69) is 15.5 Å². The van der Waals surface area contributed by atoms with Gasteiger partial charge < -0.3 is 14.6 Å². The van der Waals surface area contributed by atoms with Crippen LogP contribution in [0.1, 0.15) is 19.7 Å². The molecule has 0 aliphatic carbocycles. The van der Waals surface area contributed by atoms with Crippen LogP contribution in [0.3, 0.4) is 0 Å². The molecule has 0 aliphatic heterocycles. The minimum absolute atomic E-state index is 0.0512. The highest BCUT2D eigenvalue weighted by Gasteiger charge is 2.20. The summed E-state index contributed by atoms with van der Waals surface area (Å²) in [4.78, 5) is 24.2. The molecule has 146 valence electrons. The lowest BCUT2D eigenvalue weighted by Crippen LogP contribution is -2.22. The Morgan fingerprint density at radius 2 is 1.93 bits per heavy atom. The molecule has 1 amide bonds. The van der Waals surface area contributed by atoms with Crippen LogP contribution in [0, 0.1) is 0 Å². The molecule has 8 heteroatoms. The standard InChI is InChI=1S/C20H22N4O3S/c1-4-27-18(25)12-17-22-23-20(24(17)3)28-13(2)19(26)21-16-10-9-14-7-5-6-8-15(14)11-16/h5-11,13H,4,12H2,1-3H3,(H,21,26)/t13-/m1/s1. The molecule has 1 aromatic heterocycles. The summed E-state index contributed by atoms with van der Waals surface area (Å²) in [7, 11) is 1.77. The fourth-order valence-corrected chi connectivity index (χ4v) is 3.50. The number of carbonyl (C=O) groups excluding carboxylic acids is 2. The molecule has 3 aromatic rings. The van der Waals surface area contributed by atoms with E-state index in [9.17, 15) is 9.59 Å². The maximum absolute atomic E-state index is 12.6. The number of nitrogens with zero attached hydrogens (tertiary/aromatic N) is 3. The summed E-state index contributed by atoms with van der Waals surface area (Å²) < 4.78 is 6.65. The Labute approximate surface area is 167 Å². The molecule has 0 fully saturated rings. The van der Waals surface area contributed by atoms with Crippen LogP contribution in [-0.4, -0.2) is 38.5 Å². The second-order valence-electron chi connectivity index (χ2n) is 6.25. The van der Waals surface area contributed by atoms with Gasteiger partial charge in [0.1, 0.15) is 12.2 Å². The lowest BCUT2D eigenvalue weighted by atomic mass is 10.1. The number of hydrogen-bond donors (Lipinski definition) is 1. The first-order valence-corrected chi connectivity index (χ1v) is 9.86. The van der Waals surface area contributed by atoms with Crippen molar-refractivity contribution in [2.75, 3.05) is 11.9 Å². The van der Waals surface area contributed by atoms with Crippen LogP contribution >= 0.6 is 11.8 Å². The Morgan fingerprint density at radius 3 is 2.68 bits per heavy atom. The zero-order chi connectivity index (χ0) is 20.1. The van der Waals surface area contributed by atoms with Gasteiger partial charge in [-0.3, -0.25) is 9.59 Å². The van der Waals surface area contributed by atoms with E-state index >= 15 is 0 Å². The molecule has 0 radical (unpaired) electrons. The molecule has 0 saturated carbocycles. The molecule has 2 aromatic carbocycles. The van der Waals surface area contributed by atoms with Crippen molar-refractivity contribution in [2.45, 2.75) is 30.7 Å². The fourth-order valence-electron chi connectivity index (χ4n) is 2.67. The molecule has 3 rings (SSSR count). The number of anilines is 1. The number of carbonyl (C=O) groups is 2. The molecule has 0 aliphatic rings. The Morgan fingerprint density at radius 1 is 1.18 bits per heavy atom. The first kappa shape index (κ1) is 19.9. The zero-order valence-electron chi connectivity index (χ0n) is 16.0. The number of amides is 1. The van der Waals surface area contributed by atoms with Crippen LogP contribution in [0.15, 0.2) is 47.6 Å². The number of benzene rings is 2. The number of ether oxygens (including phenoxy) is 1. The number of esters is 1. The van der Waals surface area contributed by atoms with Crippen molar-refractivity contribution >= 4 is 40.1 Å². The van der Waals surface area contributed by atoms with E-state index in [0.717, 1.165) is 16.5 Å². The first-order valence-electron chi connectivity index (χ1n) is 8.98. The Bertz CT molecular complexity index is 1000. The number of fused-ring (bicyclic) bond motifs is 1. The molecular weight excluding hydrogens is 376 g/mol. The van der Waals surface area contributed by atoms with E-state index in [4.69, 9.17) is 4.74 Å². The number of aromatic nitrogens is 3. The SMILES string of the molecule is CCOC(=O)Cc1nnc(S[C@H](C)C(=O)Nc2ccc3ccccc3c2)n1C. The zero-order valence-corrected chi connectivity index (χ0v) is 16.8. The molecule has 0 unspecified atom stereocenters. The summed E-state index contributed by atoms with van der Waals surface area (Å²) in [6.45, 7) is 3.89. The summed E-state index contributed by atoms with van der Waals surface area (Å²) in [6.07, 6.45) is 0.0512. The van der Waals surface area contributed by atoms with Crippen molar-refractivity contribution in [3.05, 3.63) is 48.3 Å². The van der Waals surface area contributed by atoms with Crippen molar-refractivity contribution < 1.29 is 14.3 Å². The molecule has 0 saturated heterocycles. The summed E-state index contributed by atoms with van der Waals surface area (Å²) >= 11 is 1.29. The lowest BCUT2D eigenvalue weighted by molar-refractivity contribution is -0.142. The minimum atomic E-state index is -0.384. The smallest absolute Gasteiger partial charge is 0.313 e. The number of thioether (sulfide) groups is 1. The van der Waals surface area contributed by atoms with Gasteiger partial charge >= 0.3 is 5.97 Å². The van der Waals surface area contributed by atoms with Crippen molar-refractivity contribution in [1.29, 1.82) is 0 Å². The molecule has 7 nitrogen and oxygen atoms in total. The van der Waals surface area contributed by atoms with Gasteiger partial charge in [-0.15, -0.1) is 10.2 Å². The Balaban J connectivity index is 1.63. The van der Waals surface area contributed by atoms with Crippen molar-refractivity contribution in [2.24, 2.45) is 7.05 Å². The molecule has 1 atom stereocenters. The van der Waals surface area contributed by atoms with Crippen LogP contribution in [0.4, 0.5) is 5.69 Å². The van der Waals surface area contributed by atoms with Crippen molar-refractivity contribution in [3.8, 4) is 0 Å². The molecule has 1 heterocycles. The second-order valence-corrected chi connectivity index (χ2v) is 7.56. The van der Waals surface area contributed by atoms with Gasteiger partial charge in [-0.25, -0.2) is 0 Å². The van der Waals surface area contributed by atoms with Crippen molar-refractivity contribution in [1.82, 2.24) is 14.8 Å². The Hall–Kier alpha value is -2.87. The maximum Gasteiger partial charge on any atom is 0.313 e. The normalized spacial score (nSPS) is 12.0. The van der Waals surface area contributed by atoms with E-state index in [-0.39, 0.29) is 23.5 Å². The number of rotatable bonds is 7. The quantitative estimate of drug-likeness (QED) is 0.486. The van der Waals surface area contributed by atoms with Gasteiger partial charge in [0.25, 0.3) is 0 Å². The highest BCUT2D eigenvalue weighted by atomic mass is 32.2. The molecular formula is C20H22N4O3S. The summed E-state index contributed by atoms with van der Waals surface area (Å²) in [5.41, 5.74) is 0.747. The maximum atomic E-state index is 12.6. The van der Waals surface area contributed by atoms with Gasteiger partial charge in [0, 0.05) is 12.7 Å². The molecule has 28 heavy (non-hydrogen) atoms. The average molecular weight is 398 g/mol. The monoisotopic (exact) mass is 398 g/mol. The van der Waals surface area contributed by atoms with Gasteiger partial charge in [-0.1, -0.05) is 42.1 Å². The third kappa shape index (κ3) is 4.69. The highest BCUT2D eigenvalue weighted by Crippen LogP contribution is 2.24. The van der Waals surface area contributed by atoms with Gasteiger partial charge in [-0.05, 0) is 36.8 Å². The number of hydrogen-bond acceptors (Lipinski definition) is 6. The van der Waals surface area contributed by atoms with E-state index in [1.165, 1.54) is 11.8 Å². The molecule has 1 N–H and O–H groups in total. The predicted octanol–water partition coefficient (Wildman–Crippen LogP) is 3.19. The molecule has 0 spiro atoms. The number of nitrogens with one attached hydrogen (secondary N) is 1. The first-order chi connectivity index (χ1) is 13.5. The van der Waals surface area contributed by atoms with Gasteiger partial charge in [0.05, 0.1) is 11.9 Å². The predicted molar refractivity (Wildman–Crippen MR) is 109 cm³/mol. The third-order valence-electron chi connectivity index (χ3n) is 4.20. The topological polar surface area (TPSA) is 86.1 Å². The minimum Gasteiger partial charge on any atom is -0.466 e. The highest BCUT2D eigenvalue weighted by molar-refractivity contribution is 8.00. The van der Waals surface area contributed by atoms with E-state index in [0.29, 0.717) is 17.6 Å². The van der Waals surface area contributed by atoms with Crippen LogP contribution in [-0.2, 0) is 27.8 Å². The summed E-state index contributed by atoms with van der Waals surface area (Å²) in [6, 6.07) is 13.8. The van der Waals surface area contributed by atoms with Crippen LogP contribution in [0.5, 0.6) is 0 Å². The van der Waals surface area contributed by atoms with E-state index in [1.807, 2.05) is 42.5 Å². The summed E-state index contributed by atoms with van der Waals surface area (Å²) in [5.74, 6) is 0.0231. The van der Waals surface area contributed by atoms with Crippen LogP contribution < -0.4 is 5.32 Å². The Kier molecular flexibility index (Phi) is 6.30. The van der Waals surface area contributed by atoms with Crippen LogP contribution in [0.2, 0.25) is 0 Å². The second kappa shape index (κ2) is 8.88. The van der Waals surface area contributed by atoms with Crippen LogP contribution in [0.25, 0.3) is 10.8 Å². The third-order valence-corrected chi connectivity index (χ3v) is 5.34. The lowest BCUT2D eigenvalue weighted by Gasteiger charge is -2.12. The summed E-state index contributed by atoms with van der Waals surface area (Å²) in [5, 5.41) is 13.4. The molecule has 0 bridgehead atoms. The van der Waals surface area contributed by atoms with Crippen molar-refractivity contribution in [3.63, 3.8) is 0 Å².